The third-order valence-corrected chi connectivity index (χ3v) is 5.59. The highest BCUT2D eigenvalue weighted by molar-refractivity contribution is 7.89. The van der Waals surface area contributed by atoms with Crippen LogP contribution in [0.3, 0.4) is 0 Å². The molecular formula is C14H24N4O2S. The fourth-order valence-corrected chi connectivity index (χ4v) is 4.17. The Morgan fingerprint density at radius 3 is 2.38 bits per heavy atom. The maximum Gasteiger partial charge on any atom is 0.243 e. The molecule has 2 unspecified atom stereocenters. The van der Waals surface area contributed by atoms with E-state index in [2.05, 4.69) is 33.9 Å². The van der Waals surface area contributed by atoms with Crippen molar-refractivity contribution in [1.29, 1.82) is 0 Å². The van der Waals surface area contributed by atoms with E-state index in [1.165, 1.54) is 18.8 Å². The van der Waals surface area contributed by atoms with Crippen LogP contribution in [0, 0.1) is 11.8 Å². The Balaban J connectivity index is 2.15. The van der Waals surface area contributed by atoms with Crippen molar-refractivity contribution in [2.45, 2.75) is 50.5 Å². The first-order chi connectivity index (χ1) is 9.94. The normalized spacial score (nSPS) is 23.2. The fourth-order valence-electron chi connectivity index (χ4n) is 2.96. The Kier molecular flexibility index (Phi) is 5.16. The molecule has 1 heterocycles. The SMILES string of the molecule is CNc1ncc(S(=O)(=O)NC2CCCCC2C(C)C)cn1. The highest BCUT2D eigenvalue weighted by atomic mass is 32.2. The van der Waals surface area contributed by atoms with E-state index in [9.17, 15) is 8.42 Å². The van der Waals surface area contributed by atoms with Gasteiger partial charge in [0.2, 0.25) is 16.0 Å². The molecule has 2 rings (SSSR count). The van der Waals surface area contributed by atoms with Gasteiger partial charge in [-0.1, -0.05) is 26.7 Å². The second-order valence-corrected chi connectivity index (χ2v) is 7.63. The smallest absolute Gasteiger partial charge is 0.243 e. The monoisotopic (exact) mass is 312 g/mol. The maximum absolute atomic E-state index is 12.5. The number of sulfonamides is 1. The quantitative estimate of drug-likeness (QED) is 0.869. The van der Waals surface area contributed by atoms with E-state index in [0.29, 0.717) is 17.8 Å². The van der Waals surface area contributed by atoms with Crippen molar-refractivity contribution >= 4 is 16.0 Å². The van der Waals surface area contributed by atoms with Gasteiger partial charge in [-0.2, -0.15) is 0 Å². The van der Waals surface area contributed by atoms with Crippen LogP contribution in [0.2, 0.25) is 0 Å². The molecule has 0 radical (unpaired) electrons. The summed E-state index contributed by atoms with van der Waals surface area (Å²) in [6.07, 6.45) is 6.92. The molecule has 2 N–H and O–H groups in total. The minimum Gasteiger partial charge on any atom is -0.357 e. The Hall–Kier alpha value is -1.21. The zero-order valence-electron chi connectivity index (χ0n) is 12.8. The Bertz CT molecular complexity index is 557. The van der Waals surface area contributed by atoms with Crippen molar-refractivity contribution in [1.82, 2.24) is 14.7 Å². The molecule has 1 aromatic rings. The lowest BCUT2D eigenvalue weighted by Gasteiger charge is -2.34. The van der Waals surface area contributed by atoms with Crippen LogP contribution in [-0.2, 0) is 10.0 Å². The summed E-state index contributed by atoms with van der Waals surface area (Å²) in [5, 5.41) is 2.77. The van der Waals surface area contributed by atoms with E-state index in [-0.39, 0.29) is 10.9 Å². The average molecular weight is 312 g/mol. The summed E-state index contributed by atoms with van der Waals surface area (Å²) in [6, 6.07) is 0.00715. The number of aromatic nitrogens is 2. The van der Waals surface area contributed by atoms with Crippen LogP contribution in [0.1, 0.15) is 39.5 Å². The first kappa shape index (κ1) is 16.2. The molecule has 1 aromatic heterocycles. The molecule has 118 valence electrons. The van der Waals surface area contributed by atoms with Crippen LogP contribution in [0.5, 0.6) is 0 Å². The number of anilines is 1. The third kappa shape index (κ3) is 3.91. The van der Waals surface area contributed by atoms with Gasteiger partial charge >= 0.3 is 0 Å². The van der Waals surface area contributed by atoms with E-state index in [1.54, 1.807) is 7.05 Å². The Morgan fingerprint density at radius 1 is 1.19 bits per heavy atom. The molecule has 1 saturated carbocycles. The van der Waals surface area contributed by atoms with Gasteiger partial charge in [-0.3, -0.25) is 0 Å². The van der Waals surface area contributed by atoms with Crippen molar-refractivity contribution in [2.24, 2.45) is 11.8 Å². The molecule has 1 fully saturated rings. The summed E-state index contributed by atoms with van der Waals surface area (Å²) in [6.45, 7) is 4.31. The van der Waals surface area contributed by atoms with Crippen LogP contribution in [0.15, 0.2) is 17.3 Å². The predicted octanol–water partition coefficient (Wildman–Crippen LogP) is 2.01. The van der Waals surface area contributed by atoms with Gasteiger partial charge in [0, 0.05) is 13.1 Å². The van der Waals surface area contributed by atoms with Gasteiger partial charge in [0.25, 0.3) is 0 Å². The van der Waals surface area contributed by atoms with Gasteiger partial charge in [0.1, 0.15) is 4.90 Å². The lowest BCUT2D eigenvalue weighted by molar-refractivity contribution is 0.226. The second kappa shape index (κ2) is 6.70. The van der Waals surface area contributed by atoms with Crippen molar-refractivity contribution < 1.29 is 8.42 Å². The molecule has 7 heteroatoms. The van der Waals surface area contributed by atoms with Crippen molar-refractivity contribution in [3.05, 3.63) is 12.4 Å². The van der Waals surface area contributed by atoms with Gasteiger partial charge in [-0.15, -0.1) is 0 Å². The number of nitrogens with one attached hydrogen (secondary N) is 2. The highest BCUT2D eigenvalue weighted by Crippen LogP contribution is 2.31. The summed E-state index contributed by atoms with van der Waals surface area (Å²) in [4.78, 5) is 8.06. The van der Waals surface area contributed by atoms with Gasteiger partial charge in [-0.25, -0.2) is 23.1 Å². The van der Waals surface area contributed by atoms with E-state index in [1.807, 2.05) is 0 Å². The topological polar surface area (TPSA) is 84.0 Å². The molecule has 1 aliphatic carbocycles. The number of hydrogen-bond donors (Lipinski definition) is 2. The molecule has 0 aromatic carbocycles. The largest absolute Gasteiger partial charge is 0.357 e. The van der Waals surface area contributed by atoms with Crippen LogP contribution in [0.25, 0.3) is 0 Å². The number of rotatable bonds is 5. The number of nitrogens with zero attached hydrogens (tertiary/aromatic N) is 2. The minimum atomic E-state index is -3.55. The predicted molar refractivity (Wildman–Crippen MR) is 82.5 cm³/mol. The Labute approximate surface area is 126 Å². The van der Waals surface area contributed by atoms with E-state index in [4.69, 9.17) is 0 Å². The first-order valence-corrected chi connectivity index (χ1v) is 8.94. The first-order valence-electron chi connectivity index (χ1n) is 7.46. The van der Waals surface area contributed by atoms with Crippen LogP contribution < -0.4 is 10.0 Å². The van der Waals surface area contributed by atoms with Crippen LogP contribution in [-0.4, -0.2) is 31.5 Å². The highest BCUT2D eigenvalue weighted by Gasteiger charge is 2.31. The molecule has 0 bridgehead atoms. The van der Waals surface area contributed by atoms with Crippen molar-refractivity contribution in [3.8, 4) is 0 Å². The molecule has 0 saturated heterocycles. The Morgan fingerprint density at radius 2 is 1.81 bits per heavy atom. The molecule has 0 aliphatic heterocycles. The molecule has 0 spiro atoms. The molecule has 6 nitrogen and oxygen atoms in total. The standard InChI is InChI=1S/C14H24N4O2S/c1-10(2)12-6-4-5-7-13(12)18-21(19,20)11-8-16-14(15-3)17-9-11/h8-10,12-13,18H,4-7H2,1-3H3,(H,15,16,17). The van der Waals surface area contributed by atoms with E-state index < -0.39 is 10.0 Å². The van der Waals surface area contributed by atoms with Crippen molar-refractivity contribution in [3.63, 3.8) is 0 Å². The fraction of sp³-hybridized carbons (Fsp3) is 0.714. The average Bonchev–Trinajstić information content (AvgIpc) is 2.47. The van der Waals surface area contributed by atoms with E-state index >= 15 is 0 Å². The van der Waals surface area contributed by atoms with Crippen molar-refractivity contribution in [2.75, 3.05) is 12.4 Å². The molecular weight excluding hydrogens is 288 g/mol. The molecule has 21 heavy (non-hydrogen) atoms. The minimum absolute atomic E-state index is 0.00715. The summed E-state index contributed by atoms with van der Waals surface area (Å²) >= 11 is 0. The lowest BCUT2D eigenvalue weighted by Crippen LogP contribution is -2.43. The summed E-state index contributed by atoms with van der Waals surface area (Å²) in [5.74, 6) is 1.28. The zero-order valence-corrected chi connectivity index (χ0v) is 13.7. The molecule has 2 atom stereocenters. The second-order valence-electron chi connectivity index (χ2n) is 5.91. The van der Waals surface area contributed by atoms with Gasteiger partial charge in [0.05, 0.1) is 12.4 Å². The summed E-state index contributed by atoms with van der Waals surface area (Å²) < 4.78 is 27.8. The van der Waals surface area contributed by atoms with Gasteiger partial charge in [0.15, 0.2) is 0 Å². The van der Waals surface area contributed by atoms with Crippen LogP contribution >= 0.6 is 0 Å². The molecule has 0 amide bonds. The maximum atomic E-state index is 12.5. The van der Waals surface area contributed by atoms with E-state index in [0.717, 1.165) is 19.3 Å². The molecule has 1 aliphatic rings. The van der Waals surface area contributed by atoms with Gasteiger partial charge < -0.3 is 5.32 Å². The lowest BCUT2D eigenvalue weighted by atomic mass is 9.78. The summed E-state index contributed by atoms with van der Waals surface area (Å²) in [5.41, 5.74) is 0. The summed E-state index contributed by atoms with van der Waals surface area (Å²) in [7, 11) is -1.86. The number of hydrogen-bond acceptors (Lipinski definition) is 5. The third-order valence-electron chi connectivity index (χ3n) is 4.14. The van der Waals surface area contributed by atoms with Gasteiger partial charge in [-0.05, 0) is 24.7 Å². The zero-order chi connectivity index (χ0) is 15.5. The van der Waals surface area contributed by atoms with Crippen LogP contribution in [0.4, 0.5) is 5.95 Å².